The smallest absolute Gasteiger partial charge is 0.128 e. The van der Waals surface area contributed by atoms with Gasteiger partial charge in [-0.1, -0.05) is 40.2 Å². The van der Waals surface area contributed by atoms with Crippen LogP contribution in [0.3, 0.4) is 0 Å². The third kappa shape index (κ3) is 3.57. The van der Waals surface area contributed by atoms with Gasteiger partial charge in [-0.15, -0.1) is 12.4 Å². The maximum absolute atomic E-state index is 6.48. The summed E-state index contributed by atoms with van der Waals surface area (Å²) >= 11 is 3.63. The third-order valence-electron chi connectivity index (χ3n) is 4.60. The van der Waals surface area contributed by atoms with Gasteiger partial charge in [0.15, 0.2) is 0 Å². The molecule has 5 heteroatoms. The van der Waals surface area contributed by atoms with Gasteiger partial charge in [-0.05, 0) is 37.6 Å². The standard InChI is InChI=1S/C20H20BrNO2.ClH/c1-13-11-16-19(9-10-22(2)12-20(16)23-13)24-18-8-7-17(21)14-5-3-4-6-15(14)18;/h3-8,11,19H,9-10,12H2,1-2H3;1H. The predicted octanol–water partition coefficient (Wildman–Crippen LogP) is 5.88. The fourth-order valence-electron chi connectivity index (χ4n) is 3.41. The minimum Gasteiger partial charge on any atom is -0.485 e. The highest BCUT2D eigenvalue weighted by Gasteiger charge is 2.26. The molecule has 2 aromatic carbocycles. The maximum Gasteiger partial charge on any atom is 0.128 e. The lowest BCUT2D eigenvalue weighted by molar-refractivity contribution is 0.185. The molecule has 132 valence electrons. The lowest BCUT2D eigenvalue weighted by Gasteiger charge is -2.19. The molecule has 0 N–H and O–H groups in total. The number of fused-ring (bicyclic) bond motifs is 2. The highest BCUT2D eigenvalue weighted by atomic mass is 79.9. The normalized spacial score (nSPS) is 17.6. The first-order valence-electron chi connectivity index (χ1n) is 8.23. The van der Waals surface area contributed by atoms with Crippen LogP contribution in [0.4, 0.5) is 0 Å². The second-order valence-corrected chi connectivity index (χ2v) is 7.31. The van der Waals surface area contributed by atoms with Crippen LogP contribution in [0.25, 0.3) is 10.8 Å². The summed E-state index contributed by atoms with van der Waals surface area (Å²) in [6.45, 7) is 3.83. The molecule has 1 aromatic heterocycles. The van der Waals surface area contributed by atoms with Crippen LogP contribution in [-0.4, -0.2) is 18.5 Å². The molecule has 0 fully saturated rings. The molecule has 0 aliphatic carbocycles. The van der Waals surface area contributed by atoms with Crippen LogP contribution in [-0.2, 0) is 6.54 Å². The van der Waals surface area contributed by atoms with Gasteiger partial charge in [-0.25, -0.2) is 0 Å². The molecule has 4 rings (SSSR count). The average molecular weight is 423 g/mol. The highest BCUT2D eigenvalue weighted by molar-refractivity contribution is 9.10. The molecule has 0 saturated heterocycles. The van der Waals surface area contributed by atoms with E-state index in [2.05, 4.69) is 64.3 Å². The molecule has 3 aromatic rings. The van der Waals surface area contributed by atoms with E-state index in [0.29, 0.717) is 0 Å². The Hall–Kier alpha value is -1.49. The summed E-state index contributed by atoms with van der Waals surface area (Å²) < 4.78 is 13.5. The zero-order valence-electron chi connectivity index (χ0n) is 14.3. The largest absolute Gasteiger partial charge is 0.485 e. The van der Waals surface area contributed by atoms with Crippen LogP contribution in [0.5, 0.6) is 5.75 Å². The van der Waals surface area contributed by atoms with Gasteiger partial charge in [0.1, 0.15) is 23.4 Å². The quantitative estimate of drug-likeness (QED) is 0.515. The molecule has 0 saturated carbocycles. The highest BCUT2D eigenvalue weighted by Crippen LogP contribution is 2.37. The number of hydrogen-bond acceptors (Lipinski definition) is 3. The van der Waals surface area contributed by atoms with Gasteiger partial charge >= 0.3 is 0 Å². The molecule has 2 heterocycles. The Morgan fingerprint density at radius 1 is 1.16 bits per heavy atom. The molecule has 1 atom stereocenters. The molecule has 25 heavy (non-hydrogen) atoms. The zero-order chi connectivity index (χ0) is 16.7. The Labute approximate surface area is 162 Å². The van der Waals surface area contributed by atoms with Crippen LogP contribution in [0.2, 0.25) is 0 Å². The Morgan fingerprint density at radius 2 is 1.92 bits per heavy atom. The van der Waals surface area contributed by atoms with E-state index in [1.165, 1.54) is 10.9 Å². The van der Waals surface area contributed by atoms with Crippen molar-refractivity contribution < 1.29 is 9.15 Å². The third-order valence-corrected chi connectivity index (χ3v) is 5.29. The zero-order valence-corrected chi connectivity index (χ0v) is 16.7. The summed E-state index contributed by atoms with van der Waals surface area (Å²) in [4.78, 5) is 2.28. The summed E-state index contributed by atoms with van der Waals surface area (Å²) in [5, 5.41) is 2.30. The van der Waals surface area contributed by atoms with Crippen LogP contribution in [0.1, 0.15) is 29.6 Å². The maximum atomic E-state index is 6.48. The molecular weight excluding hydrogens is 402 g/mol. The first-order valence-corrected chi connectivity index (χ1v) is 9.03. The van der Waals surface area contributed by atoms with E-state index in [9.17, 15) is 0 Å². The van der Waals surface area contributed by atoms with Gasteiger partial charge in [0.25, 0.3) is 0 Å². The van der Waals surface area contributed by atoms with E-state index >= 15 is 0 Å². The van der Waals surface area contributed by atoms with Crippen molar-refractivity contribution in [3.8, 4) is 5.75 Å². The summed E-state index contributed by atoms with van der Waals surface area (Å²) in [5.74, 6) is 2.90. The molecule has 1 aliphatic rings. The summed E-state index contributed by atoms with van der Waals surface area (Å²) in [7, 11) is 2.12. The molecule has 0 bridgehead atoms. The van der Waals surface area contributed by atoms with Crippen molar-refractivity contribution in [2.24, 2.45) is 0 Å². The fourth-order valence-corrected chi connectivity index (χ4v) is 3.89. The van der Waals surface area contributed by atoms with Crippen molar-refractivity contribution in [2.45, 2.75) is 26.0 Å². The van der Waals surface area contributed by atoms with Gasteiger partial charge in [-0.2, -0.15) is 0 Å². The molecule has 0 amide bonds. The van der Waals surface area contributed by atoms with E-state index in [1.807, 2.05) is 13.0 Å². The van der Waals surface area contributed by atoms with Gasteiger partial charge in [-0.3, -0.25) is 4.90 Å². The van der Waals surface area contributed by atoms with Gasteiger partial charge < -0.3 is 9.15 Å². The summed E-state index contributed by atoms with van der Waals surface area (Å²) in [6, 6.07) is 14.6. The Morgan fingerprint density at radius 3 is 2.72 bits per heavy atom. The minimum atomic E-state index is 0. The monoisotopic (exact) mass is 421 g/mol. The van der Waals surface area contributed by atoms with Crippen LogP contribution in [0, 0.1) is 6.92 Å². The Balaban J connectivity index is 0.00000182. The van der Waals surface area contributed by atoms with E-state index < -0.39 is 0 Å². The first kappa shape index (κ1) is 18.3. The summed E-state index contributed by atoms with van der Waals surface area (Å²) in [6.07, 6.45) is 0.972. The minimum absolute atomic E-state index is 0. The van der Waals surface area contributed by atoms with Crippen molar-refractivity contribution in [1.29, 1.82) is 0 Å². The number of rotatable bonds is 2. The second kappa shape index (κ2) is 7.40. The van der Waals surface area contributed by atoms with Gasteiger partial charge in [0, 0.05) is 28.4 Å². The fraction of sp³-hybridized carbons (Fsp3) is 0.300. The van der Waals surface area contributed by atoms with Crippen molar-refractivity contribution in [1.82, 2.24) is 4.90 Å². The lowest BCUT2D eigenvalue weighted by atomic mass is 10.1. The number of nitrogens with zero attached hydrogens (tertiary/aromatic N) is 1. The van der Waals surface area contributed by atoms with E-state index in [1.54, 1.807) is 0 Å². The molecular formula is C20H21BrClNO2. The summed E-state index contributed by atoms with van der Waals surface area (Å²) in [5.41, 5.74) is 1.18. The molecule has 3 nitrogen and oxygen atoms in total. The van der Waals surface area contributed by atoms with Gasteiger partial charge in [0.05, 0.1) is 6.54 Å². The van der Waals surface area contributed by atoms with E-state index in [0.717, 1.165) is 46.6 Å². The SMILES string of the molecule is Cc1cc2c(o1)CN(C)CCC2Oc1ccc(Br)c2ccccc12.Cl. The number of ether oxygens (including phenoxy) is 1. The number of aryl methyl sites for hydroxylation is 1. The second-order valence-electron chi connectivity index (χ2n) is 6.46. The Bertz CT molecular complexity index is 893. The van der Waals surface area contributed by atoms with Crippen molar-refractivity contribution >= 4 is 39.1 Å². The van der Waals surface area contributed by atoms with Crippen molar-refractivity contribution in [3.63, 3.8) is 0 Å². The molecule has 0 spiro atoms. The lowest BCUT2D eigenvalue weighted by Crippen LogP contribution is -2.18. The Kier molecular flexibility index (Phi) is 5.42. The number of halogens is 2. The molecule has 0 radical (unpaired) electrons. The number of benzene rings is 2. The van der Waals surface area contributed by atoms with Crippen LogP contribution in [0.15, 0.2) is 51.4 Å². The van der Waals surface area contributed by atoms with Crippen LogP contribution < -0.4 is 4.74 Å². The number of furan rings is 1. The van der Waals surface area contributed by atoms with E-state index in [-0.39, 0.29) is 18.5 Å². The molecule has 1 unspecified atom stereocenters. The number of hydrogen-bond donors (Lipinski definition) is 0. The predicted molar refractivity (Wildman–Crippen MR) is 107 cm³/mol. The molecule has 1 aliphatic heterocycles. The van der Waals surface area contributed by atoms with Crippen molar-refractivity contribution in [3.05, 3.63) is 64.0 Å². The van der Waals surface area contributed by atoms with E-state index in [4.69, 9.17) is 9.15 Å². The topological polar surface area (TPSA) is 25.6 Å². The van der Waals surface area contributed by atoms with Crippen molar-refractivity contribution in [2.75, 3.05) is 13.6 Å². The van der Waals surface area contributed by atoms with Gasteiger partial charge in [0.2, 0.25) is 0 Å². The van der Waals surface area contributed by atoms with Crippen LogP contribution >= 0.6 is 28.3 Å². The average Bonchev–Trinajstić information content (AvgIpc) is 2.87. The first-order chi connectivity index (χ1) is 11.6.